The Balaban J connectivity index is 2.48. The number of aromatic nitrogens is 1. The van der Waals surface area contributed by atoms with Crippen molar-refractivity contribution >= 4 is 0 Å². The molecule has 1 unspecified atom stereocenters. The van der Waals surface area contributed by atoms with E-state index in [1.54, 1.807) is 30.5 Å². The summed E-state index contributed by atoms with van der Waals surface area (Å²) in [5, 5.41) is 9.37. The SMILES string of the molecule is O=c1ccccn1C(CO)c1cccc(F)c1. The number of nitrogens with zero attached hydrogens (tertiary/aromatic N) is 1. The lowest BCUT2D eigenvalue weighted by molar-refractivity contribution is 0.246. The van der Waals surface area contributed by atoms with Crippen molar-refractivity contribution in [3.8, 4) is 0 Å². The van der Waals surface area contributed by atoms with Crippen molar-refractivity contribution in [1.29, 1.82) is 0 Å². The normalized spacial score (nSPS) is 12.4. The quantitative estimate of drug-likeness (QED) is 0.874. The Hall–Kier alpha value is -1.94. The molecule has 0 radical (unpaired) electrons. The molecular formula is C13H12FNO2. The van der Waals surface area contributed by atoms with Crippen LogP contribution in [0.15, 0.2) is 53.5 Å². The summed E-state index contributed by atoms with van der Waals surface area (Å²) in [6, 6.07) is 10.1. The number of hydrogen-bond donors (Lipinski definition) is 1. The highest BCUT2D eigenvalue weighted by molar-refractivity contribution is 5.21. The molecule has 2 aromatic rings. The van der Waals surface area contributed by atoms with Crippen LogP contribution in [0.1, 0.15) is 11.6 Å². The van der Waals surface area contributed by atoms with Gasteiger partial charge in [-0.25, -0.2) is 4.39 Å². The van der Waals surface area contributed by atoms with Gasteiger partial charge in [-0.15, -0.1) is 0 Å². The summed E-state index contributed by atoms with van der Waals surface area (Å²) < 4.78 is 14.5. The largest absolute Gasteiger partial charge is 0.394 e. The minimum absolute atomic E-state index is 0.226. The summed E-state index contributed by atoms with van der Waals surface area (Å²) in [6.07, 6.45) is 1.58. The van der Waals surface area contributed by atoms with Crippen molar-refractivity contribution < 1.29 is 9.50 Å². The fourth-order valence-corrected chi connectivity index (χ4v) is 1.77. The Morgan fingerprint density at radius 3 is 2.71 bits per heavy atom. The van der Waals surface area contributed by atoms with Gasteiger partial charge in [0.25, 0.3) is 5.56 Å². The molecule has 88 valence electrons. The van der Waals surface area contributed by atoms with E-state index in [1.165, 1.54) is 22.8 Å². The summed E-state index contributed by atoms with van der Waals surface area (Å²) in [5.74, 6) is -0.384. The zero-order valence-electron chi connectivity index (χ0n) is 9.08. The highest BCUT2D eigenvalue weighted by Crippen LogP contribution is 2.16. The molecule has 0 saturated carbocycles. The average molecular weight is 233 g/mol. The van der Waals surface area contributed by atoms with Crippen LogP contribution in [0.5, 0.6) is 0 Å². The first kappa shape index (κ1) is 11.5. The van der Waals surface area contributed by atoms with E-state index < -0.39 is 6.04 Å². The fraction of sp³-hybridized carbons (Fsp3) is 0.154. The summed E-state index contributed by atoms with van der Waals surface area (Å²) in [6.45, 7) is -0.257. The highest BCUT2D eigenvalue weighted by atomic mass is 19.1. The maximum atomic E-state index is 13.1. The zero-order valence-corrected chi connectivity index (χ0v) is 9.08. The Kier molecular flexibility index (Phi) is 3.35. The van der Waals surface area contributed by atoms with Crippen molar-refractivity contribution in [3.05, 3.63) is 70.4 Å². The molecule has 0 amide bonds. The van der Waals surface area contributed by atoms with Crippen LogP contribution in [0.25, 0.3) is 0 Å². The van der Waals surface area contributed by atoms with E-state index in [9.17, 15) is 14.3 Å². The fourth-order valence-electron chi connectivity index (χ4n) is 1.77. The van der Waals surface area contributed by atoms with Crippen molar-refractivity contribution in [3.63, 3.8) is 0 Å². The lowest BCUT2D eigenvalue weighted by Gasteiger charge is -2.17. The molecule has 0 saturated heterocycles. The summed E-state index contributed by atoms with van der Waals surface area (Å²) in [7, 11) is 0. The molecular weight excluding hydrogens is 221 g/mol. The van der Waals surface area contributed by atoms with Gasteiger partial charge in [-0.3, -0.25) is 4.79 Å². The first-order chi connectivity index (χ1) is 8.22. The molecule has 1 aromatic carbocycles. The Labute approximate surface area is 97.8 Å². The molecule has 0 aliphatic carbocycles. The van der Waals surface area contributed by atoms with Gasteiger partial charge in [0.15, 0.2) is 0 Å². The first-order valence-corrected chi connectivity index (χ1v) is 5.26. The maximum Gasteiger partial charge on any atom is 0.251 e. The van der Waals surface area contributed by atoms with Crippen molar-refractivity contribution in [2.24, 2.45) is 0 Å². The molecule has 1 atom stereocenters. The summed E-state index contributed by atoms with van der Waals surface area (Å²) >= 11 is 0. The number of aliphatic hydroxyl groups excluding tert-OH is 1. The standard InChI is InChI=1S/C13H12FNO2/c14-11-5-3-4-10(8-11)12(9-16)15-7-2-1-6-13(15)17/h1-8,12,16H,9H2. The Morgan fingerprint density at radius 1 is 1.24 bits per heavy atom. The maximum absolute atomic E-state index is 13.1. The van der Waals surface area contributed by atoms with Crippen LogP contribution >= 0.6 is 0 Å². The molecule has 1 aromatic heterocycles. The average Bonchev–Trinajstić information content (AvgIpc) is 2.33. The number of aliphatic hydroxyl groups is 1. The van der Waals surface area contributed by atoms with Gasteiger partial charge >= 0.3 is 0 Å². The monoisotopic (exact) mass is 233 g/mol. The van der Waals surface area contributed by atoms with Gasteiger partial charge in [0.2, 0.25) is 0 Å². The highest BCUT2D eigenvalue weighted by Gasteiger charge is 2.13. The summed E-state index contributed by atoms with van der Waals surface area (Å²) in [5.41, 5.74) is 0.344. The number of hydrogen-bond acceptors (Lipinski definition) is 2. The topological polar surface area (TPSA) is 42.2 Å². The molecule has 1 heterocycles. The van der Waals surface area contributed by atoms with E-state index in [0.717, 1.165) is 0 Å². The van der Waals surface area contributed by atoms with Crippen LogP contribution in [0.4, 0.5) is 4.39 Å². The predicted octanol–water partition coefficient (Wildman–Crippen LogP) is 1.57. The third kappa shape index (κ3) is 2.42. The number of pyridine rings is 1. The molecule has 0 aliphatic rings. The van der Waals surface area contributed by atoms with Crippen molar-refractivity contribution in [2.75, 3.05) is 6.61 Å². The van der Waals surface area contributed by atoms with Crippen LogP contribution in [0, 0.1) is 5.82 Å². The van der Waals surface area contributed by atoms with Crippen LogP contribution in [0.3, 0.4) is 0 Å². The molecule has 2 rings (SSSR count). The van der Waals surface area contributed by atoms with Gasteiger partial charge in [0, 0.05) is 12.3 Å². The number of halogens is 1. The molecule has 0 fully saturated rings. The van der Waals surface area contributed by atoms with Gasteiger partial charge < -0.3 is 9.67 Å². The molecule has 0 bridgehead atoms. The van der Waals surface area contributed by atoms with Crippen molar-refractivity contribution in [1.82, 2.24) is 4.57 Å². The molecule has 4 heteroatoms. The minimum atomic E-state index is -0.556. The lowest BCUT2D eigenvalue weighted by Crippen LogP contribution is -2.26. The van der Waals surface area contributed by atoms with E-state index in [4.69, 9.17) is 0 Å². The van der Waals surface area contributed by atoms with Gasteiger partial charge in [-0.1, -0.05) is 18.2 Å². The third-order valence-corrected chi connectivity index (χ3v) is 2.59. The molecule has 3 nitrogen and oxygen atoms in total. The predicted molar refractivity (Wildman–Crippen MR) is 62.3 cm³/mol. The minimum Gasteiger partial charge on any atom is -0.394 e. The van der Waals surface area contributed by atoms with Gasteiger partial charge in [-0.05, 0) is 23.8 Å². The smallest absolute Gasteiger partial charge is 0.251 e. The van der Waals surface area contributed by atoms with Crippen LogP contribution in [0.2, 0.25) is 0 Å². The van der Waals surface area contributed by atoms with Gasteiger partial charge in [0.1, 0.15) is 5.82 Å². The van der Waals surface area contributed by atoms with Crippen molar-refractivity contribution in [2.45, 2.75) is 6.04 Å². The molecule has 0 aliphatic heterocycles. The molecule has 1 N–H and O–H groups in total. The summed E-state index contributed by atoms with van der Waals surface area (Å²) in [4.78, 5) is 11.6. The third-order valence-electron chi connectivity index (χ3n) is 2.59. The second-order valence-electron chi connectivity index (χ2n) is 3.70. The van der Waals surface area contributed by atoms with Crippen LogP contribution in [-0.4, -0.2) is 16.3 Å². The second kappa shape index (κ2) is 4.93. The van der Waals surface area contributed by atoms with Crippen LogP contribution < -0.4 is 5.56 Å². The van der Waals surface area contributed by atoms with Crippen LogP contribution in [-0.2, 0) is 0 Å². The Bertz CT molecular complexity index is 565. The zero-order chi connectivity index (χ0) is 12.3. The second-order valence-corrected chi connectivity index (χ2v) is 3.70. The molecule has 17 heavy (non-hydrogen) atoms. The first-order valence-electron chi connectivity index (χ1n) is 5.26. The number of benzene rings is 1. The van der Waals surface area contributed by atoms with E-state index in [2.05, 4.69) is 0 Å². The number of rotatable bonds is 3. The van der Waals surface area contributed by atoms with Gasteiger partial charge in [0.05, 0.1) is 12.6 Å². The Morgan fingerprint density at radius 2 is 2.06 bits per heavy atom. The lowest BCUT2D eigenvalue weighted by atomic mass is 10.1. The van der Waals surface area contributed by atoms with E-state index in [1.807, 2.05) is 0 Å². The van der Waals surface area contributed by atoms with E-state index >= 15 is 0 Å². The van der Waals surface area contributed by atoms with E-state index in [0.29, 0.717) is 5.56 Å². The van der Waals surface area contributed by atoms with Gasteiger partial charge in [-0.2, -0.15) is 0 Å². The molecule has 0 spiro atoms. The van der Waals surface area contributed by atoms with E-state index in [-0.39, 0.29) is 18.0 Å².